The van der Waals surface area contributed by atoms with Gasteiger partial charge in [0.25, 0.3) is 0 Å². The third kappa shape index (κ3) is 4.39. The largest absolute Gasteiger partial charge is 0.480 e. The van der Waals surface area contributed by atoms with Crippen molar-refractivity contribution >= 4 is 17.6 Å². The molecule has 0 radical (unpaired) electrons. The van der Waals surface area contributed by atoms with Crippen LogP contribution < -0.4 is 10.6 Å². The van der Waals surface area contributed by atoms with Crippen LogP contribution in [0.5, 0.6) is 0 Å². The summed E-state index contributed by atoms with van der Waals surface area (Å²) in [7, 11) is 0. The van der Waals surface area contributed by atoms with Gasteiger partial charge in [-0.25, -0.2) is 9.97 Å². The number of rotatable bonds is 5. The Morgan fingerprint density at radius 1 is 1.32 bits per heavy atom. The maximum absolute atomic E-state index is 10.5. The Morgan fingerprint density at radius 2 is 2.00 bits per heavy atom. The molecule has 6 nitrogen and oxygen atoms in total. The molecule has 0 spiro atoms. The number of aryl methyl sites for hydroxylation is 1. The topological polar surface area (TPSA) is 87.1 Å². The SMILES string of the molecule is Cc1nc(NCC(=O)O)cc(NC2CCCCC2)n1. The summed E-state index contributed by atoms with van der Waals surface area (Å²) in [6.07, 6.45) is 6.16. The summed E-state index contributed by atoms with van der Waals surface area (Å²) >= 11 is 0. The molecule has 1 aromatic rings. The number of nitrogens with one attached hydrogen (secondary N) is 2. The summed E-state index contributed by atoms with van der Waals surface area (Å²) in [5.74, 6) is 1.05. The van der Waals surface area contributed by atoms with Gasteiger partial charge in [0.1, 0.15) is 24.0 Å². The number of carboxylic acid groups (broad SMARTS) is 1. The Balaban J connectivity index is 2.00. The molecule has 0 aliphatic heterocycles. The molecule has 1 aliphatic carbocycles. The van der Waals surface area contributed by atoms with Gasteiger partial charge < -0.3 is 15.7 Å². The third-order valence-corrected chi connectivity index (χ3v) is 3.22. The first-order valence-electron chi connectivity index (χ1n) is 6.71. The zero-order valence-corrected chi connectivity index (χ0v) is 11.1. The predicted molar refractivity (Wildman–Crippen MR) is 73.4 cm³/mol. The average Bonchev–Trinajstić information content (AvgIpc) is 2.37. The maximum Gasteiger partial charge on any atom is 0.322 e. The highest BCUT2D eigenvalue weighted by Gasteiger charge is 2.14. The van der Waals surface area contributed by atoms with Crippen molar-refractivity contribution < 1.29 is 9.90 Å². The Hall–Kier alpha value is -1.85. The molecular weight excluding hydrogens is 244 g/mol. The van der Waals surface area contributed by atoms with Crippen molar-refractivity contribution in [2.45, 2.75) is 45.1 Å². The van der Waals surface area contributed by atoms with Crippen molar-refractivity contribution in [2.75, 3.05) is 17.2 Å². The molecule has 0 amide bonds. The molecule has 19 heavy (non-hydrogen) atoms. The molecule has 104 valence electrons. The van der Waals surface area contributed by atoms with E-state index in [4.69, 9.17) is 5.11 Å². The van der Waals surface area contributed by atoms with Gasteiger partial charge in [0, 0.05) is 12.1 Å². The van der Waals surface area contributed by atoms with Gasteiger partial charge in [-0.3, -0.25) is 4.79 Å². The van der Waals surface area contributed by atoms with E-state index in [1.807, 2.05) is 0 Å². The van der Waals surface area contributed by atoms with Crippen LogP contribution in [0.2, 0.25) is 0 Å². The number of anilines is 2. The summed E-state index contributed by atoms with van der Waals surface area (Å²) in [6.45, 7) is 1.66. The summed E-state index contributed by atoms with van der Waals surface area (Å²) < 4.78 is 0. The average molecular weight is 264 g/mol. The zero-order chi connectivity index (χ0) is 13.7. The summed E-state index contributed by atoms with van der Waals surface area (Å²) in [4.78, 5) is 19.1. The molecule has 1 aliphatic rings. The molecule has 1 aromatic heterocycles. The Kier molecular flexibility index (Phi) is 4.54. The summed E-state index contributed by atoms with van der Waals surface area (Å²) in [6, 6.07) is 2.24. The van der Waals surface area contributed by atoms with E-state index < -0.39 is 5.97 Å². The lowest BCUT2D eigenvalue weighted by Gasteiger charge is -2.23. The van der Waals surface area contributed by atoms with Gasteiger partial charge in [0.05, 0.1) is 0 Å². The Morgan fingerprint density at radius 3 is 2.68 bits per heavy atom. The first-order valence-corrected chi connectivity index (χ1v) is 6.71. The first-order chi connectivity index (χ1) is 9.13. The lowest BCUT2D eigenvalue weighted by molar-refractivity contribution is -0.134. The third-order valence-electron chi connectivity index (χ3n) is 3.22. The van der Waals surface area contributed by atoms with Crippen molar-refractivity contribution in [3.8, 4) is 0 Å². The maximum atomic E-state index is 10.5. The molecular formula is C13H20N4O2. The molecule has 1 saturated carbocycles. The highest BCUT2D eigenvalue weighted by atomic mass is 16.4. The number of carboxylic acids is 1. The fourth-order valence-electron chi connectivity index (χ4n) is 2.35. The van der Waals surface area contributed by atoms with E-state index in [0.29, 0.717) is 17.7 Å². The summed E-state index contributed by atoms with van der Waals surface area (Å²) in [5, 5.41) is 14.8. The smallest absolute Gasteiger partial charge is 0.322 e. The van der Waals surface area contributed by atoms with E-state index in [1.54, 1.807) is 13.0 Å². The van der Waals surface area contributed by atoms with Crippen LogP contribution in [-0.2, 0) is 4.79 Å². The van der Waals surface area contributed by atoms with Crippen LogP contribution in [0.15, 0.2) is 6.07 Å². The van der Waals surface area contributed by atoms with Crippen LogP contribution in [0.1, 0.15) is 37.9 Å². The lowest BCUT2D eigenvalue weighted by Crippen LogP contribution is -2.23. The minimum atomic E-state index is -0.905. The molecule has 0 atom stereocenters. The molecule has 0 saturated heterocycles. The zero-order valence-electron chi connectivity index (χ0n) is 11.1. The normalized spacial score (nSPS) is 16.1. The molecule has 0 bridgehead atoms. The second-order valence-electron chi connectivity index (χ2n) is 4.91. The van der Waals surface area contributed by atoms with Crippen LogP contribution in [-0.4, -0.2) is 33.6 Å². The molecule has 0 unspecified atom stereocenters. The van der Waals surface area contributed by atoms with Crippen molar-refractivity contribution in [1.29, 1.82) is 0 Å². The van der Waals surface area contributed by atoms with Gasteiger partial charge in [-0.1, -0.05) is 19.3 Å². The van der Waals surface area contributed by atoms with Crippen molar-refractivity contribution in [3.05, 3.63) is 11.9 Å². The minimum Gasteiger partial charge on any atom is -0.480 e. The number of hydrogen-bond donors (Lipinski definition) is 3. The lowest BCUT2D eigenvalue weighted by atomic mass is 9.95. The predicted octanol–water partition coefficient (Wildman–Crippen LogP) is 2.03. The van der Waals surface area contributed by atoms with Crippen molar-refractivity contribution in [3.63, 3.8) is 0 Å². The van der Waals surface area contributed by atoms with Gasteiger partial charge in [-0.15, -0.1) is 0 Å². The van der Waals surface area contributed by atoms with Crippen LogP contribution in [0.3, 0.4) is 0 Å². The van der Waals surface area contributed by atoms with Crippen LogP contribution in [0.25, 0.3) is 0 Å². The van der Waals surface area contributed by atoms with E-state index >= 15 is 0 Å². The molecule has 6 heteroatoms. The number of nitrogens with zero attached hydrogens (tertiary/aromatic N) is 2. The van der Waals surface area contributed by atoms with E-state index in [0.717, 1.165) is 5.82 Å². The van der Waals surface area contributed by atoms with Gasteiger partial charge in [0.15, 0.2) is 0 Å². The molecule has 3 N–H and O–H groups in total. The van der Waals surface area contributed by atoms with E-state index in [1.165, 1.54) is 32.1 Å². The highest BCUT2D eigenvalue weighted by molar-refractivity contribution is 5.72. The summed E-state index contributed by atoms with van der Waals surface area (Å²) in [5.41, 5.74) is 0. The second-order valence-corrected chi connectivity index (χ2v) is 4.91. The first kappa shape index (κ1) is 13.6. The highest BCUT2D eigenvalue weighted by Crippen LogP contribution is 2.21. The fourth-order valence-corrected chi connectivity index (χ4v) is 2.35. The van der Waals surface area contributed by atoms with Crippen LogP contribution in [0.4, 0.5) is 11.6 Å². The van der Waals surface area contributed by atoms with E-state index in [9.17, 15) is 4.79 Å². The molecule has 1 heterocycles. The molecule has 0 aromatic carbocycles. The number of aromatic nitrogens is 2. The standard InChI is InChI=1S/C13H20N4O2/c1-9-15-11(14-8-13(18)19)7-12(16-9)17-10-5-3-2-4-6-10/h7,10H,2-6,8H2,1H3,(H,18,19)(H2,14,15,16,17). The molecule has 1 fully saturated rings. The number of aliphatic carboxylic acids is 1. The monoisotopic (exact) mass is 264 g/mol. The fraction of sp³-hybridized carbons (Fsp3) is 0.615. The van der Waals surface area contributed by atoms with Crippen molar-refractivity contribution in [2.24, 2.45) is 0 Å². The molecule has 2 rings (SSSR count). The quantitative estimate of drug-likeness (QED) is 0.754. The Bertz CT molecular complexity index is 444. The van der Waals surface area contributed by atoms with Crippen molar-refractivity contribution in [1.82, 2.24) is 9.97 Å². The van der Waals surface area contributed by atoms with Crippen LogP contribution >= 0.6 is 0 Å². The minimum absolute atomic E-state index is 0.140. The number of carbonyl (C=O) groups is 1. The second kappa shape index (κ2) is 6.36. The Labute approximate surface area is 112 Å². The van der Waals surface area contributed by atoms with E-state index in [2.05, 4.69) is 20.6 Å². The number of hydrogen-bond acceptors (Lipinski definition) is 5. The van der Waals surface area contributed by atoms with Gasteiger partial charge in [0.2, 0.25) is 0 Å². The van der Waals surface area contributed by atoms with Crippen LogP contribution in [0, 0.1) is 6.92 Å². The van der Waals surface area contributed by atoms with Gasteiger partial charge >= 0.3 is 5.97 Å². The van der Waals surface area contributed by atoms with Gasteiger partial charge in [-0.2, -0.15) is 0 Å². The van der Waals surface area contributed by atoms with E-state index in [-0.39, 0.29) is 6.54 Å². The van der Waals surface area contributed by atoms with Gasteiger partial charge in [-0.05, 0) is 19.8 Å².